The van der Waals surface area contributed by atoms with Crippen LogP contribution in [0.1, 0.15) is 17.0 Å². The Hall–Kier alpha value is -3.21. The van der Waals surface area contributed by atoms with Gasteiger partial charge < -0.3 is 0 Å². The van der Waals surface area contributed by atoms with Crippen molar-refractivity contribution in [2.24, 2.45) is 0 Å². The molecule has 0 radical (unpaired) electrons. The highest BCUT2D eigenvalue weighted by molar-refractivity contribution is 5.75. The van der Waals surface area contributed by atoms with Crippen molar-refractivity contribution in [2.45, 2.75) is 26.8 Å². The van der Waals surface area contributed by atoms with Crippen molar-refractivity contribution in [2.75, 3.05) is 0 Å². The normalized spacial score (nSPS) is 11.2. The van der Waals surface area contributed by atoms with Crippen molar-refractivity contribution in [1.82, 2.24) is 19.3 Å². The summed E-state index contributed by atoms with van der Waals surface area (Å²) in [6.07, 6.45) is 2.41. The summed E-state index contributed by atoms with van der Waals surface area (Å²) in [6, 6.07) is 18.2. The SMILES string of the molecule is Cc1ccc(-n2ncc3c(=O)n(CCc4ccccc4)c(C)nc32)cc1. The molecule has 0 aliphatic carbocycles. The Balaban J connectivity index is 1.73. The second-order valence-corrected chi connectivity index (χ2v) is 6.48. The second kappa shape index (κ2) is 6.59. The van der Waals surface area contributed by atoms with E-state index in [2.05, 4.69) is 22.2 Å². The monoisotopic (exact) mass is 344 g/mol. The van der Waals surface area contributed by atoms with Gasteiger partial charge in [-0.05, 0) is 38.0 Å². The molecule has 0 bridgehead atoms. The molecule has 0 aliphatic rings. The Morgan fingerprint density at radius 3 is 2.42 bits per heavy atom. The number of aryl methyl sites for hydroxylation is 3. The zero-order valence-electron chi connectivity index (χ0n) is 14.9. The van der Waals surface area contributed by atoms with Gasteiger partial charge in [-0.3, -0.25) is 9.36 Å². The van der Waals surface area contributed by atoms with Crippen molar-refractivity contribution < 1.29 is 0 Å². The van der Waals surface area contributed by atoms with E-state index in [1.54, 1.807) is 15.4 Å². The first kappa shape index (κ1) is 16.3. The van der Waals surface area contributed by atoms with Gasteiger partial charge in [-0.15, -0.1) is 0 Å². The molecule has 0 spiro atoms. The molecule has 5 heteroatoms. The van der Waals surface area contributed by atoms with Gasteiger partial charge in [0, 0.05) is 6.54 Å². The summed E-state index contributed by atoms with van der Waals surface area (Å²) in [5.74, 6) is 0.701. The number of hydrogen-bond acceptors (Lipinski definition) is 3. The molecule has 0 atom stereocenters. The van der Waals surface area contributed by atoms with Crippen molar-refractivity contribution in [1.29, 1.82) is 0 Å². The van der Waals surface area contributed by atoms with Gasteiger partial charge in [0.25, 0.3) is 5.56 Å². The van der Waals surface area contributed by atoms with E-state index in [0.717, 1.165) is 12.1 Å². The summed E-state index contributed by atoms with van der Waals surface area (Å²) >= 11 is 0. The van der Waals surface area contributed by atoms with Gasteiger partial charge in [0.05, 0.1) is 11.9 Å². The van der Waals surface area contributed by atoms with Crippen LogP contribution in [-0.2, 0) is 13.0 Å². The molecule has 0 saturated carbocycles. The van der Waals surface area contributed by atoms with E-state index in [-0.39, 0.29) is 5.56 Å². The Labute approximate surface area is 151 Å². The summed E-state index contributed by atoms with van der Waals surface area (Å²) in [4.78, 5) is 17.6. The molecule has 0 unspecified atom stereocenters. The maximum Gasteiger partial charge on any atom is 0.264 e. The summed E-state index contributed by atoms with van der Waals surface area (Å²) in [7, 11) is 0. The Bertz CT molecular complexity index is 1110. The van der Waals surface area contributed by atoms with E-state index >= 15 is 0 Å². The molecule has 2 aromatic heterocycles. The fraction of sp³-hybridized carbons (Fsp3) is 0.190. The molecule has 4 rings (SSSR count). The minimum absolute atomic E-state index is 0.0400. The standard InChI is InChI=1S/C21H20N4O/c1-15-8-10-18(11-9-15)25-20-19(14-22-25)21(26)24(16(2)23-20)13-12-17-6-4-3-5-7-17/h3-11,14H,12-13H2,1-2H3. The lowest BCUT2D eigenvalue weighted by Gasteiger charge is -2.10. The van der Waals surface area contributed by atoms with Crippen LogP contribution in [0.4, 0.5) is 0 Å². The highest BCUT2D eigenvalue weighted by Gasteiger charge is 2.14. The van der Waals surface area contributed by atoms with Crippen molar-refractivity contribution in [3.05, 3.63) is 88.1 Å². The van der Waals surface area contributed by atoms with Crippen molar-refractivity contribution in [3.63, 3.8) is 0 Å². The van der Waals surface area contributed by atoms with Gasteiger partial charge in [0.1, 0.15) is 11.2 Å². The zero-order valence-corrected chi connectivity index (χ0v) is 14.9. The average Bonchev–Trinajstić information content (AvgIpc) is 3.07. The summed E-state index contributed by atoms with van der Waals surface area (Å²) in [5, 5.41) is 4.94. The van der Waals surface area contributed by atoms with Crippen LogP contribution in [0, 0.1) is 13.8 Å². The first-order chi connectivity index (χ1) is 12.6. The summed E-state index contributed by atoms with van der Waals surface area (Å²) < 4.78 is 3.46. The molecule has 130 valence electrons. The average molecular weight is 344 g/mol. The predicted molar refractivity (Wildman–Crippen MR) is 103 cm³/mol. The Morgan fingerprint density at radius 2 is 1.69 bits per heavy atom. The third kappa shape index (κ3) is 2.92. The lowest BCUT2D eigenvalue weighted by Crippen LogP contribution is -2.24. The van der Waals surface area contributed by atoms with Crippen LogP contribution < -0.4 is 5.56 Å². The molecular weight excluding hydrogens is 324 g/mol. The van der Waals surface area contributed by atoms with Gasteiger partial charge in [-0.25, -0.2) is 9.67 Å². The minimum Gasteiger partial charge on any atom is -0.296 e. The Kier molecular flexibility index (Phi) is 4.13. The largest absolute Gasteiger partial charge is 0.296 e. The van der Waals surface area contributed by atoms with E-state index < -0.39 is 0 Å². The molecular formula is C21H20N4O. The lowest BCUT2D eigenvalue weighted by molar-refractivity contribution is 0.637. The zero-order chi connectivity index (χ0) is 18.1. The summed E-state index contributed by atoms with van der Waals surface area (Å²) in [6.45, 7) is 4.52. The van der Waals surface area contributed by atoms with Crippen LogP contribution in [0.25, 0.3) is 16.7 Å². The highest BCUT2D eigenvalue weighted by atomic mass is 16.1. The second-order valence-electron chi connectivity index (χ2n) is 6.48. The molecule has 5 nitrogen and oxygen atoms in total. The number of nitrogens with zero attached hydrogens (tertiary/aromatic N) is 4. The van der Waals surface area contributed by atoms with E-state index in [1.165, 1.54) is 11.1 Å². The van der Waals surface area contributed by atoms with Gasteiger partial charge >= 0.3 is 0 Å². The van der Waals surface area contributed by atoms with Crippen LogP contribution in [0.3, 0.4) is 0 Å². The predicted octanol–water partition coefficient (Wildman–Crippen LogP) is 3.44. The molecule has 0 N–H and O–H groups in total. The van der Waals surface area contributed by atoms with E-state index in [0.29, 0.717) is 23.4 Å². The first-order valence-corrected chi connectivity index (χ1v) is 8.69. The number of fused-ring (bicyclic) bond motifs is 1. The Morgan fingerprint density at radius 1 is 0.962 bits per heavy atom. The number of benzene rings is 2. The molecule has 4 aromatic rings. The molecule has 26 heavy (non-hydrogen) atoms. The molecule has 0 saturated heterocycles. The first-order valence-electron chi connectivity index (χ1n) is 8.69. The lowest BCUT2D eigenvalue weighted by atomic mass is 10.1. The third-order valence-corrected chi connectivity index (χ3v) is 4.62. The molecule has 2 aromatic carbocycles. The van der Waals surface area contributed by atoms with Crippen molar-refractivity contribution >= 4 is 11.0 Å². The van der Waals surface area contributed by atoms with Crippen LogP contribution in [0.15, 0.2) is 65.6 Å². The van der Waals surface area contributed by atoms with Crippen LogP contribution in [0.5, 0.6) is 0 Å². The van der Waals surface area contributed by atoms with Gasteiger partial charge in [0.2, 0.25) is 0 Å². The maximum atomic E-state index is 12.9. The smallest absolute Gasteiger partial charge is 0.264 e. The van der Waals surface area contributed by atoms with Gasteiger partial charge in [-0.2, -0.15) is 5.10 Å². The molecule has 0 aliphatic heterocycles. The number of hydrogen-bond donors (Lipinski definition) is 0. The van der Waals surface area contributed by atoms with E-state index in [1.807, 2.05) is 56.3 Å². The van der Waals surface area contributed by atoms with Crippen molar-refractivity contribution in [3.8, 4) is 5.69 Å². The quantitative estimate of drug-likeness (QED) is 0.570. The fourth-order valence-corrected chi connectivity index (χ4v) is 3.13. The molecule has 2 heterocycles. The minimum atomic E-state index is -0.0400. The topological polar surface area (TPSA) is 52.7 Å². The fourth-order valence-electron chi connectivity index (χ4n) is 3.13. The van der Waals surface area contributed by atoms with Crippen LogP contribution in [0.2, 0.25) is 0 Å². The number of aromatic nitrogens is 4. The van der Waals surface area contributed by atoms with Crippen LogP contribution >= 0.6 is 0 Å². The van der Waals surface area contributed by atoms with E-state index in [4.69, 9.17) is 0 Å². The van der Waals surface area contributed by atoms with E-state index in [9.17, 15) is 4.79 Å². The summed E-state index contributed by atoms with van der Waals surface area (Å²) in [5.41, 5.74) is 3.85. The number of rotatable bonds is 4. The molecule has 0 amide bonds. The maximum absolute atomic E-state index is 12.9. The highest BCUT2D eigenvalue weighted by Crippen LogP contribution is 2.15. The third-order valence-electron chi connectivity index (χ3n) is 4.62. The van der Waals surface area contributed by atoms with Gasteiger partial charge in [-0.1, -0.05) is 48.0 Å². The van der Waals surface area contributed by atoms with Crippen LogP contribution in [-0.4, -0.2) is 19.3 Å². The van der Waals surface area contributed by atoms with Gasteiger partial charge in [0.15, 0.2) is 5.65 Å². The molecule has 0 fully saturated rings.